The summed E-state index contributed by atoms with van der Waals surface area (Å²) in [5.74, 6) is 0. The molecule has 2 aromatic heterocycles. The summed E-state index contributed by atoms with van der Waals surface area (Å²) < 4.78 is 6.56. The van der Waals surface area contributed by atoms with E-state index < -0.39 is 29.7 Å². The second-order valence-electron chi connectivity index (χ2n) is 4.68. The Kier molecular flexibility index (Phi) is 3.41. The van der Waals surface area contributed by atoms with Crippen LogP contribution < -0.4 is 11.2 Å². The molecule has 1 saturated heterocycles. The van der Waals surface area contributed by atoms with Gasteiger partial charge in [-0.2, -0.15) is 15.4 Å². The van der Waals surface area contributed by atoms with Crippen molar-refractivity contribution in [2.45, 2.75) is 24.9 Å². The molecule has 1 fully saturated rings. The number of aromatic nitrogens is 5. The molecule has 1 aliphatic rings. The van der Waals surface area contributed by atoms with Crippen LogP contribution in [0.3, 0.4) is 0 Å². The van der Waals surface area contributed by atoms with Crippen LogP contribution in [0.15, 0.2) is 22.0 Å². The van der Waals surface area contributed by atoms with Gasteiger partial charge in [0.2, 0.25) is 0 Å². The van der Waals surface area contributed by atoms with E-state index in [9.17, 15) is 14.7 Å². The lowest BCUT2D eigenvalue weighted by Crippen LogP contribution is -2.33. The van der Waals surface area contributed by atoms with Crippen molar-refractivity contribution in [3.8, 4) is 11.3 Å². The molecule has 0 radical (unpaired) electrons. The fourth-order valence-electron chi connectivity index (χ4n) is 2.26. The predicted molar refractivity (Wildman–Crippen MR) is 68.3 cm³/mol. The van der Waals surface area contributed by atoms with Crippen molar-refractivity contribution in [2.24, 2.45) is 0 Å². The van der Waals surface area contributed by atoms with Gasteiger partial charge in [0.25, 0.3) is 5.56 Å². The summed E-state index contributed by atoms with van der Waals surface area (Å²) in [7, 11) is 0. The molecule has 0 bridgehead atoms. The largest absolute Gasteiger partial charge is 0.394 e. The van der Waals surface area contributed by atoms with Crippen LogP contribution in [-0.2, 0) is 4.74 Å². The molecule has 0 saturated carbocycles. The van der Waals surface area contributed by atoms with Gasteiger partial charge in [0.05, 0.1) is 24.5 Å². The molecule has 2 aromatic rings. The number of hydrogen-bond acceptors (Lipinski definition) is 7. The van der Waals surface area contributed by atoms with Crippen LogP contribution in [0.25, 0.3) is 11.3 Å². The molecule has 0 aromatic carbocycles. The minimum absolute atomic E-state index is 0.134. The summed E-state index contributed by atoms with van der Waals surface area (Å²) >= 11 is 0. The minimum Gasteiger partial charge on any atom is -0.394 e. The summed E-state index contributed by atoms with van der Waals surface area (Å²) in [5.41, 5.74) is -0.832. The lowest BCUT2D eigenvalue weighted by molar-refractivity contribution is -0.0458. The molecule has 112 valence electrons. The van der Waals surface area contributed by atoms with E-state index in [1.807, 2.05) is 0 Å². The average molecular weight is 295 g/mol. The Labute approximate surface area is 117 Å². The standard InChI is InChI=1S/C11H13N5O5/c17-4-8-7(18)1-9(21-8)16-3-5(6-2-12-15-14-6)10(19)13-11(16)20/h2-3,7-9,17-18H,1,4H2,(H,12,14,15)(H,13,19,20)/t7-,8+,9+/m0/s1. The molecule has 4 N–H and O–H groups in total. The maximum absolute atomic E-state index is 11.9. The maximum atomic E-state index is 11.9. The summed E-state index contributed by atoms with van der Waals surface area (Å²) in [4.78, 5) is 25.9. The molecule has 10 heteroatoms. The van der Waals surface area contributed by atoms with Crippen LogP contribution in [0.5, 0.6) is 0 Å². The van der Waals surface area contributed by atoms with Crippen molar-refractivity contribution in [1.82, 2.24) is 25.0 Å². The van der Waals surface area contributed by atoms with Crippen molar-refractivity contribution in [2.75, 3.05) is 6.61 Å². The second-order valence-corrected chi connectivity index (χ2v) is 4.68. The zero-order valence-corrected chi connectivity index (χ0v) is 10.8. The third-order valence-electron chi connectivity index (χ3n) is 3.35. The fraction of sp³-hybridized carbons (Fsp3) is 0.455. The van der Waals surface area contributed by atoms with E-state index in [-0.39, 0.29) is 24.3 Å². The number of H-pyrrole nitrogens is 2. The van der Waals surface area contributed by atoms with E-state index in [1.165, 1.54) is 12.4 Å². The highest BCUT2D eigenvalue weighted by atomic mass is 16.5. The molecular weight excluding hydrogens is 282 g/mol. The van der Waals surface area contributed by atoms with Gasteiger partial charge in [0, 0.05) is 12.6 Å². The smallest absolute Gasteiger partial charge is 0.330 e. The molecule has 10 nitrogen and oxygen atoms in total. The van der Waals surface area contributed by atoms with Crippen LogP contribution in [0, 0.1) is 0 Å². The summed E-state index contributed by atoms with van der Waals surface area (Å²) in [6.45, 7) is -0.355. The van der Waals surface area contributed by atoms with Gasteiger partial charge < -0.3 is 14.9 Å². The first-order valence-corrected chi connectivity index (χ1v) is 6.26. The van der Waals surface area contributed by atoms with Crippen LogP contribution in [0.2, 0.25) is 0 Å². The van der Waals surface area contributed by atoms with Gasteiger partial charge in [0.1, 0.15) is 18.0 Å². The minimum atomic E-state index is -0.880. The number of aliphatic hydroxyl groups is 2. The molecular formula is C11H13N5O5. The lowest BCUT2D eigenvalue weighted by Gasteiger charge is -2.14. The summed E-state index contributed by atoms with van der Waals surface area (Å²) in [6, 6.07) is 0. The van der Waals surface area contributed by atoms with Gasteiger partial charge in [-0.1, -0.05) is 0 Å². The van der Waals surface area contributed by atoms with Crippen molar-refractivity contribution in [3.63, 3.8) is 0 Å². The summed E-state index contributed by atoms with van der Waals surface area (Å²) in [6.07, 6.45) is 0.372. The quantitative estimate of drug-likeness (QED) is 0.510. The normalized spacial score (nSPS) is 25.3. The third kappa shape index (κ3) is 2.39. The second kappa shape index (κ2) is 5.24. The number of nitrogens with one attached hydrogen (secondary N) is 2. The SMILES string of the molecule is O=c1[nH]c(=O)n([C@H]2C[C@H](O)[C@@H](CO)O2)cc1-c1cn[nH]n1. The van der Waals surface area contributed by atoms with Crippen LogP contribution in [-0.4, -0.2) is 54.0 Å². The van der Waals surface area contributed by atoms with E-state index in [1.54, 1.807) is 0 Å². The maximum Gasteiger partial charge on any atom is 0.330 e. The number of hydrogen-bond donors (Lipinski definition) is 4. The predicted octanol–water partition coefficient (Wildman–Crippen LogP) is -2.04. The molecule has 0 spiro atoms. The first kappa shape index (κ1) is 13.7. The number of aliphatic hydroxyl groups excluding tert-OH is 2. The Morgan fingerprint density at radius 2 is 2.29 bits per heavy atom. The Bertz CT molecular complexity index is 736. The first-order valence-electron chi connectivity index (χ1n) is 6.26. The monoisotopic (exact) mass is 295 g/mol. The van der Waals surface area contributed by atoms with Gasteiger partial charge in [-0.05, 0) is 0 Å². The number of rotatable bonds is 3. The highest BCUT2D eigenvalue weighted by Gasteiger charge is 2.35. The fourth-order valence-corrected chi connectivity index (χ4v) is 2.26. The molecule has 3 atom stereocenters. The van der Waals surface area contributed by atoms with E-state index in [2.05, 4.69) is 20.4 Å². The van der Waals surface area contributed by atoms with Crippen LogP contribution in [0.1, 0.15) is 12.6 Å². The molecule has 1 aliphatic heterocycles. The Hall–Kier alpha value is -2.30. The molecule has 21 heavy (non-hydrogen) atoms. The molecule has 3 rings (SSSR count). The van der Waals surface area contributed by atoms with Crippen LogP contribution >= 0.6 is 0 Å². The third-order valence-corrected chi connectivity index (χ3v) is 3.35. The van der Waals surface area contributed by atoms with Gasteiger partial charge in [-0.3, -0.25) is 14.3 Å². The van der Waals surface area contributed by atoms with Crippen molar-refractivity contribution < 1.29 is 14.9 Å². The van der Waals surface area contributed by atoms with E-state index in [0.717, 1.165) is 4.57 Å². The zero-order valence-electron chi connectivity index (χ0n) is 10.8. The van der Waals surface area contributed by atoms with Crippen molar-refractivity contribution in [3.05, 3.63) is 33.2 Å². The Morgan fingerprint density at radius 1 is 1.48 bits per heavy atom. The first-order chi connectivity index (χ1) is 10.1. The zero-order chi connectivity index (χ0) is 15.0. The summed E-state index contributed by atoms with van der Waals surface area (Å²) in [5, 5.41) is 28.6. The molecule has 0 unspecified atom stereocenters. The molecule has 0 amide bonds. The average Bonchev–Trinajstić information content (AvgIpc) is 3.08. The number of nitrogens with zero attached hydrogens (tertiary/aromatic N) is 3. The Balaban J connectivity index is 2.02. The number of aromatic amines is 2. The van der Waals surface area contributed by atoms with Crippen LogP contribution in [0.4, 0.5) is 0 Å². The number of ether oxygens (including phenoxy) is 1. The van der Waals surface area contributed by atoms with Gasteiger partial charge in [-0.15, -0.1) is 0 Å². The van der Waals surface area contributed by atoms with Gasteiger partial charge in [-0.25, -0.2) is 4.79 Å². The Morgan fingerprint density at radius 3 is 2.90 bits per heavy atom. The highest BCUT2D eigenvalue weighted by molar-refractivity contribution is 5.54. The van der Waals surface area contributed by atoms with E-state index in [4.69, 9.17) is 9.84 Å². The van der Waals surface area contributed by atoms with Gasteiger partial charge in [0.15, 0.2) is 0 Å². The topological polar surface area (TPSA) is 146 Å². The molecule has 0 aliphatic carbocycles. The molecule has 3 heterocycles. The highest BCUT2D eigenvalue weighted by Crippen LogP contribution is 2.27. The van der Waals surface area contributed by atoms with Crippen molar-refractivity contribution in [1.29, 1.82) is 0 Å². The van der Waals surface area contributed by atoms with E-state index in [0.29, 0.717) is 0 Å². The lowest BCUT2D eigenvalue weighted by atomic mass is 10.2. The van der Waals surface area contributed by atoms with Crippen molar-refractivity contribution >= 4 is 0 Å². The van der Waals surface area contributed by atoms with Gasteiger partial charge >= 0.3 is 5.69 Å². The van der Waals surface area contributed by atoms with E-state index >= 15 is 0 Å².